The summed E-state index contributed by atoms with van der Waals surface area (Å²) in [7, 11) is 0. The van der Waals surface area contributed by atoms with E-state index in [2.05, 4.69) is 5.32 Å². The number of hydrogen-bond acceptors (Lipinski definition) is 5. The number of benzene rings is 1. The van der Waals surface area contributed by atoms with Crippen LogP contribution in [0.1, 0.15) is 17.1 Å². The van der Waals surface area contributed by atoms with E-state index < -0.39 is 5.91 Å². The maximum atomic E-state index is 12.0. The minimum Gasteiger partial charge on any atom is -0.508 e. The molecule has 0 aliphatic carbocycles. The Morgan fingerprint density at radius 2 is 2.00 bits per heavy atom. The highest BCUT2D eigenvalue weighted by atomic mass is 16.3. The van der Waals surface area contributed by atoms with Gasteiger partial charge in [-0.3, -0.25) is 4.79 Å². The predicted molar refractivity (Wildman–Crippen MR) is 78.7 cm³/mol. The van der Waals surface area contributed by atoms with E-state index in [-0.39, 0.29) is 23.6 Å². The Bertz CT molecular complexity index is 748. The van der Waals surface area contributed by atoms with E-state index in [4.69, 9.17) is 9.68 Å². The number of amides is 1. The molecule has 0 atom stereocenters. The Kier molecular flexibility index (Phi) is 4.49. The van der Waals surface area contributed by atoms with Crippen LogP contribution in [-0.2, 0) is 11.3 Å². The highest BCUT2D eigenvalue weighted by molar-refractivity contribution is 6.01. The predicted octanol–water partition coefficient (Wildman–Crippen LogP) is 2.22. The number of aromatic hydroxyl groups is 2. The topological polar surface area (TPSA) is 106 Å². The Balaban J connectivity index is 2.11. The summed E-state index contributed by atoms with van der Waals surface area (Å²) in [6, 6.07) is 9.12. The Morgan fingerprint density at radius 3 is 2.55 bits per heavy atom. The van der Waals surface area contributed by atoms with E-state index in [1.807, 2.05) is 0 Å². The maximum Gasteiger partial charge on any atom is 0.262 e. The fourth-order valence-corrected chi connectivity index (χ4v) is 1.86. The fourth-order valence-electron chi connectivity index (χ4n) is 1.86. The molecule has 0 bridgehead atoms. The Hall–Kier alpha value is -3.20. The molecule has 1 aromatic carbocycles. The first-order valence-electron chi connectivity index (χ1n) is 6.46. The van der Waals surface area contributed by atoms with Crippen LogP contribution < -0.4 is 5.32 Å². The normalized spacial score (nSPS) is 11.0. The lowest BCUT2D eigenvalue weighted by Crippen LogP contribution is -2.23. The standard InChI is InChI=1S/C16H14N2O4/c1-10-2-3-15(22-10)9-18-16(21)12(8-17)4-11-5-13(19)7-14(20)6-11/h2-7,19-20H,9H2,1H3,(H,18,21). The molecule has 112 valence electrons. The van der Waals surface area contributed by atoms with Gasteiger partial charge in [0.15, 0.2) is 0 Å². The van der Waals surface area contributed by atoms with Gasteiger partial charge in [-0.2, -0.15) is 5.26 Å². The van der Waals surface area contributed by atoms with E-state index >= 15 is 0 Å². The molecule has 2 aromatic rings. The summed E-state index contributed by atoms with van der Waals surface area (Å²) in [4.78, 5) is 12.0. The fraction of sp³-hybridized carbons (Fsp3) is 0.125. The number of rotatable bonds is 4. The summed E-state index contributed by atoms with van der Waals surface area (Å²) in [6.07, 6.45) is 1.28. The van der Waals surface area contributed by atoms with Gasteiger partial charge >= 0.3 is 0 Å². The molecule has 0 fully saturated rings. The lowest BCUT2D eigenvalue weighted by molar-refractivity contribution is -0.117. The molecule has 0 aliphatic heterocycles. The van der Waals surface area contributed by atoms with Crippen molar-refractivity contribution in [2.75, 3.05) is 0 Å². The van der Waals surface area contributed by atoms with Crippen molar-refractivity contribution in [3.05, 3.63) is 53.0 Å². The van der Waals surface area contributed by atoms with Crippen LogP contribution in [-0.4, -0.2) is 16.1 Å². The molecule has 0 saturated carbocycles. The molecule has 1 aromatic heterocycles. The molecule has 1 heterocycles. The van der Waals surface area contributed by atoms with Crippen LogP contribution in [0, 0.1) is 18.3 Å². The van der Waals surface area contributed by atoms with Crippen LogP contribution >= 0.6 is 0 Å². The maximum absolute atomic E-state index is 12.0. The quantitative estimate of drug-likeness (QED) is 0.592. The molecule has 0 unspecified atom stereocenters. The lowest BCUT2D eigenvalue weighted by atomic mass is 10.1. The zero-order chi connectivity index (χ0) is 16.1. The van der Waals surface area contributed by atoms with Gasteiger partial charge in [0.25, 0.3) is 5.91 Å². The van der Waals surface area contributed by atoms with Gasteiger partial charge in [0, 0.05) is 6.07 Å². The number of furan rings is 1. The first-order valence-corrected chi connectivity index (χ1v) is 6.46. The molecule has 0 spiro atoms. The molecule has 6 nitrogen and oxygen atoms in total. The molecule has 1 amide bonds. The van der Waals surface area contributed by atoms with E-state index in [0.29, 0.717) is 11.3 Å². The summed E-state index contributed by atoms with van der Waals surface area (Å²) in [6.45, 7) is 1.96. The van der Waals surface area contributed by atoms with Gasteiger partial charge in [-0.15, -0.1) is 0 Å². The number of carbonyl (C=O) groups excluding carboxylic acids is 1. The molecule has 0 saturated heterocycles. The number of aryl methyl sites for hydroxylation is 1. The van der Waals surface area contributed by atoms with Crippen LogP contribution in [0.15, 0.2) is 40.3 Å². The number of nitrogens with one attached hydrogen (secondary N) is 1. The van der Waals surface area contributed by atoms with Gasteiger partial charge in [-0.25, -0.2) is 0 Å². The average molecular weight is 298 g/mol. The molecular formula is C16H14N2O4. The summed E-state index contributed by atoms with van der Waals surface area (Å²) in [5.41, 5.74) is 0.200. The smallest absolute Gasteiger partial charge is 0.262 e. The number of nitriles is 1. The van der Waals surface area contributed by atoms with Crippen LogP contribution in [0.5, 0.6) is 11.5 Å². The Labute approximate surface area is 126 Å². The van der Waals surface area contributed by atoms with E-state index in [0.717, 1.165) is 11.8 Å². The largest absolute Gasteiger partial charge is 0.508 e. The van der Waals surface area contributed by atoms with Gasteiger partial charge in [0.2, 0.25) is 0 Å². The van der Waals surface area contributed by atoms with E-state index in [9.17, 15) is 15.0 Å². The van der Waals surface area contributed by atoms with Gasteiger partial charge in [0.05, 0.1) is 6.54 Å². The zero-order valence-corrected chi connectivity index (χ0v) is 11.8. The summed E-state index contributed by atoms with van der Waals surface area (Å²) < 4.78 is 5.31. The van der Waals surface area contributed by atoms with Crippen molar-refractivity contribution in [2.45, 2.75) is 13.5 Å². The van der Waals surface area contributed by atoms with Crippen molar-refractivity contribution < 1.29 is 19.4 Å². The van der Waals surface area contributed by atoms with Crippen LogP contribution in [0.2, 0.25) is 0 Å². The van der Waals surface area contributed by atoms with Crippen molar-refractivity contribution >= 4 is 12.0 Å². The summed E-state index contributed by atoms with van der Waals surface area (Å²) in [5, 5.41) is 30.4. The second-order valence-corrected chi connectivity index (χ2v) is 4.65. The average Bonchev–Trinajstić information content (AvgIpc) is 2.87. The first kappa shape index (κ1) is 15.2. The molecule has 6 heteroatoms. The molecule has 22 heavy (non-hydrogen) atoms. The van der Waals surface area contributed by atoms with Crippen molar-refractivity contribution in [2.24, 2.45) is 0 Å². The van der Waals surface area contributed by atoms with Crippen LogP contribution in [0.3, 0.4) is 0 Å². The second kappa shape index (κ2) is 6.50. The SMILES string of the molecule is Cc1ccc(CNC(=O)C(C#N)=Cc2cc(O)cc(O)c2)o1. The van der Waals surface area contributed by atoms with Crippen molar-refractivity contribution in [1.82, 2.24) is 5.32 Å². The first-order chi connectivity index (χ1) is 10.5. The highest BCUT2D eigenvalue weighted by Crippen LogP contribution is 2.22. The number of phenolic OH excluding ortho intramolecular Hbond substituents is 2. The van der Waals surface area contributed by atoms with Gasteiger partial charge in [-0.05, 0) is 42.8 Å². The molecular weight excluding hydrogens is 284 g/mol. The highest BCUT2D eigenvalue weighted by Gasteiger charge is 2.10. The number of carbonyl (C=O) groups is 1. The van der Waals surface area contributed by atoms with Crippen molar-refractivity contribution in [3.63, 3.8) is 0 Å². The minimum atomic E-state index is -0.570. The number of hydrogen-bond donors (Lipinski definition) is 3. The molecule has 0 aliphatic rings. The summed E-state index contributed by atoms with van der Waals surface area (Å²) in [5.74, 6) is 0.429. The third-order valence-corrected chi connectivity index (χ3v) is 2.82. The minimum absolute atomic E-state index is 0.145. The Morgan fingerprint density at radius 1 is 1.32 bits per heavy atom. The molecule has 2 rings (SSSR count). The van der Waals surface area contributed by atoms with E-state index in [1.54, 1.807) is 25.1 Å². The molecule has 3 N–H and O–H groups in total. The summed E-state index contributed by atoms with van der Waals surface area (Å²) >= 11 is 0. The van der Waals surface area contributed by atoms with Gasteiger partial charge < -0.3 is 19.9 Å². The third-order valence-electron chi connectivity index (χ3n) is 2.82. The molecule has 0 radical (unpaired) electrons. The van der Waals surface area contributed by atoms with Crippen molar-refractivity contribution in [3.8, 4) is 17.6 Å². The number of phenols is 2. The zero-order valence-electron chi connectivity index (χ0n) is 11.8. The monoisotopic (exact) mass is 298 g/mol. The van der Waals surface area contributed by atoms with Crippen LogP contribution in [0.25, 0.3) is 6.08 Å². The third kappa shape index (κ3) is 3.90. The van der Waals surface area contributed by atoms with Crippen LogP contribution in [0.4, 0.5) is 0 Å². The second-order valence-electron chi connectivity index (χ2n) is 4.65. The lowest BCUT2D eigenvalue weighted by Gasteiger charge is -2.03. The van der Waals surface area contributed by atoms with E-state index in [1.165, 1.54) is 18.2 Å². The van der Waals surface area contributed by atoms with Gasteiger partial charge in [0.1, 0.15) is 34.7 Å². The number of nitrogens with zero attached hydrogens (tertiary/aromatic N) is 1. The van der Waals surface area contributed by atoms with Gasteiger partial charge in [-0.1, -0.05) is 0 Å². The van der Waals surface area contributed by atoms with Crippen molar-refractivity contribution in [1.29, 1.82) is 5.26 Å².